The predicted octanol–water partition coefficient (Wildman–Crippen LogP) is 2.26. The number of benzene rings is 1. The Morgan fingerprint density at radius 1 is 1.26 bits per heavy atom. The first-order valence-corrected chi connectivity index (χ1v) is 7.82. The number of carbonyl (C=O) groups is 1. The number of hydrogen-bond acceptors (Lipinski definition) is 3. The SMILES string of the molecule is CC(C)(C)CNC(=O)Nc1cccc(S(C)(=O)=O)c1. The van der Waals surface area contributed by atoms with Crippen molar-refractivity contribution in [3.8, 4) is 0 Å². The zero-order valence-electron chi connectivity index (χ0n) is 11.6. The zero-order chi connectivity index (χ0) is 14.7. The largest absolute Gasteiger partial charge is 0.337 e. The molecule has 0 aromatic heterocycles. The van der Waals surface area contributed by atoms with Gasteiger partial charge in [-0.1, -0.05) is 26.8 Å². The molecule has 0 heterocycles. The van der Waals surface area contributed by atoms with Gasteiger partial charge in [0, 0.05) is 18.5 Å². The third-order valence-electron chi connectivity index (χ3n) is 2.30. The summed E-state index contributed by atoms with van der Waals surface area (Å²) >= 11 is 0. The molecule has 5 nitrogen and oxygen atoms in total. The van der Waals surface area contributed by atoms with E-state index in [4.69, 9.17) is 0 Å². The first-order chi connectivity index (χ1) is 8.58. The van der Waals surface area contributed by atoms with Crippen LogP contribution in [0.2, 0.25) is 0 Å². The van der Waals surface area contributed by atoms with Gasteiger partial charge in [-0.3, -0.25) is 0 Å². The number of hydrogen-bond donors (Lipinski definition) is 2. The Morgan fingerprint density at radius 3 is 2.42 bits per heavy atom. The van der Waals surface area contributed by atoms with E-state index in [1.807, 2.05) is 20.8 Å². The normalized spacial score (nSPS) is 12.0. The molecule has 1 aromatic rings. The third kappa shape index (κ3) is 5.74. The molecule has 1 rings (SSSR count). The van der Waals surface area contributed by atoms with Crippen LogP contribution in [0.15, 0.2) is 29.2 Å². The van der Waals surface area contributed by atoms with E-state index < -0.39 is 9.84 Å². The lowest BCUT2D eigenvalue weighted by molar-refractivity contribution is 0.247. The summed E-state index contributed by atoms with van der Waals surface area (Å²) in [5.41, 5.74) is 0.445. The van der Waals surface area contributed by atoms with Crippen LogP contribution < -0.4 is 10.6 Å². The van der Waals surface area contributed by atoms with E-state index in [0.29, 0.717) is 12.2 Å². The van der Waals surface area contributed by atoms with E-state index in [2.05, 4.69) is 10.6 Å². The smallest absolute Gasteiger partial charge is 0.319 e. The number of amides is 2. The molecular formula is C13H20N2O3S. The summed E-state index contributed by atoms with van der Waals surface area (Å²) in [7, 11) is -3.27. The van der Waals surface area contributed by atoms with Crippen molar-refractivity contribution in [2.75, 3.05) is 18.1 Å². The Labute approximate surface area is 114 Å². The summed E-state index contributed by atoms with van der Waals surface area (Å²) in [6, 6.07) is 5.82. The van der Waals surface area contributed by atoms with E-state index in [1.54, 1.807) is 12.1 Å². The topological polar surface area (TPSA) is 75.3 Å². The second kappa shape index (κ2) is 5.61. The van der Waals surface area contributed by atoms with E-state index in [0.717, 1.165) is 6.26 Å². The molecule has 2 amide bonds. The molecular weight excluding hydrogens is 264 g/mol. The molecule has 0 radical (unpaired) electrons. The Hall–Kier alpha value is -1.56. The number of nitrogens with one attached hydrogen (secondary N) is 2. The molecule has 0 aliphatic rings. The van der Waals surface area contributed by atoms with Gasteiger partial charge in [-0.15, -0.1) is 0 Å². The standard InChI is InChI=1S/C13H20N2O3S/c1-13(2,3)9-14-12(16)15-10-6-5-7-11(8-10)19(4,17)18/h5-8H,9H2,1-4H3,(H2,14,15,16). The number of urea groups is 1. The highest BCUT2D eigenvalue weighted by molar-refractivity contribution is 7.90. The fourth-order valence-electron chi connectivity index (χ4n) is 1.33. The van der Waals surface area contributed by atoms with Crippen LogP contribution in [0.5, 0.6) is 0 Å². The van der Waals surface area contributed by atoms with Crippen LogP contribution in [0.25, 0.3) is 0 Å². The predicted molar refractivity (Wildman–Crippen MR) is 76.0 cm³/mol. The Kier molecular flexibility index (Phi) is 4.57. The van der Waals surface area contributed by atoms with Crippen molar-refractivity contribution in [2.24, 2.45) is 5.41 Å². The van der Waals surface area contributed by atoms with Crippen molar-refractivity contribution < 1.29 is 13.2 Å². The van der Waals surface area contributed by atoms with Gasteiger partial charge in [0.25, 0.3) is 0 Å². The molecule has 1 aromatic carbocycles. The highest BCUT2D eigenvalue weighted by atomic mass is 32.2. The van der Waals surface area contributed by atoms with Gasteiger partial charge in [0.05, 0.1) is 4.90 Å². The third-order valence-corrected chi connectivity index (χ3v) is 3.41. The number of carbonyl (C=O) groups excluding carboxylic acids is 1. The summed E-state index contributed by atoms with van der Waals surface area (Å²) in [5.74, 6) is 0. The molecule has 0 saturated heterocycles. The maximum atomic E-state index is 11.6. The van der Waals surface area contributed by atoms with Crippen LogP contribution in [0, 0.1) is 5.41 Å². The molecule has 106 valence electrons. The Bertz CT molecular complexity index is 559. The summed E-state index contributed by atoms with van der Waals surface area (Å²) in [4.78, 5) is 11.8. The van der Waals surface area contributed by atoms with E-state index in [9.17, 15) is 13.2 Å². The number of sulfone groups is 1. The summed E-state index contributed by atoms with van der Waals surface area (Å²) in [6.07, 6.45) is 1.13. The van der Waals surface area contributed by atoms with Gasteiger partial charge in [0.15, 0.2) is 9.84 Å². The van der Waals surface area contributed by atoms with Crippen molar-refractivity contribution in [1.82, 2.24) is 5.32 Å². The fourth-order valence-corrected chi connectivity index (χ4v) is 1.99. The first-order valence-electron chi connectivity index (χ1n) is 5.93. The molecule has 0 fully saturated rings. The molecule has 0 aliphatic carbocycles. The lowest BCUT2D eigenvalue weighted by atomic mass is 9.97. The zero-order valence-corrected chi connectivity index (χ0v) is 12.5. The molecule has 0 aliphatic heterocycles. The van der Waals surface area contributed by atoms with Gasteiger partial charge in [0.1, 0.15) is 0 Å². The fraction of sp³-hybridized carbons (Fsp3) is 0.462. The van der Waals surface area contributed by atoms with Crippen molar-refractivity contribution in [2.45, 2.75) is 25.7 Å². The van der Waals surface area contributed by atoms with Crippen LogP contribution in [-0.4, -0.2) is 27.2 Å². The van der Waals surface area contributed by atoms with Crippen LogP contribution in [0.4, 0.5) is 10.5 Å². The second-order valence-electron chi connectivity index (χ2n) is 5.67. The molecule has 0 atom stereocenters. The van der Waals surface area contributed by atoms with Crippen molar-refractivity contribution in [1.29, 1.82) is 0 Å². The van der Waals surface area contributed by atoms with Gasteiger partial charge in [-0.05, 0) is 23.6 Å². The monoisotopic (exact) mass is 284 g/mol. The van der Waals surface area contributed by atoms with Gasteiger partial charge < -0.3 is 10.6 Å². The minimum Gasteiger partial charge on any atom is -0.337 e. The van der Waals surface area contributed by atoms with Crippen molar-refractivity contribution in [3.05, 3.63) is 24.3 Å². The van der Waals surface area contributed by atoms with Crippen molar-refractivity contribution in [3.63, 3.8) is 0 Å². The first kappa shape index (κ1) is 15.5. The van der Waals surface area contributed by atoms with Gasteiger partial charge >= 0.3 is 6.03 Å². The minimum absolute atomic E-state index is 0.00799. The highest BCUT2D eigenvalue weighted by Crippen LogP contribution is 2.15. The highest BCUT2D eigenvalue weighted by Gasteiger charge is 2.12. The lowest BCUT2D eigenvalue weighted by Gasteiger charge is -2.19. The maximum Gasteiger partial charge on any atom is 0.319 e. The maximum absolute atomic E-state index is 11.6. The molecule has 19 heavy (non-hydrogen) atoms. The lowest BCUT2D eigenvalue weighted by Crippen LogP contribution is -2.35. The van der Waals surface area contributed by atoms with E-state index in [1.165, 1.54) is 12.1 Å². The van der Waals surface area contributed by atoms with E-state index >= 15 is 0 Å². The quantitative estimate of drug-likeness (QED) is 0.894. The van der Waals surface area contributed by atoms with Crippen molar-refractivity contribution >= 4 is 21.6 Å². The summed E-state index contributed by atoms with van der Waals surface area (Å²) < 4.78 is 22.8. The molecule has 2 N–H and O–H groups in total. The number of anilines is 1. The minimum atomic E-state index is -3.27. The van der Waals surface area contributed by atoms with Gasteiger partial charge in [-0.25, -0.2) is 13.2 Å². The van der Waals surface area contributed by atoms with Crippen LogP contribution >= 0.6 is 0 Å². The average molecular weight is 284 g/mol. The van der Waals surface area contributed by atoms with Gasteiger partial charge in [0.2, 0.25) is 0 Å². The van der Waals surface area contributed by atoms with Gasteiger partial charge in [-0.2, -0.15) is 0 Å². The van der Waals surface area contributed by atoms with Crippen LogP contribution in [-0.2, 0) is 9.84 Å². The summed E-state index contributed by atoms with van der Waals surface area (Å²) in [5, 5.41) is 5.34. The second-order valence-corrected chi connectivity index (χ2v) is 7.68. The molecule has 0 unspecified atom stereocenters. The Balaban J connectivity index is 2.70. The van der Waals surface area contributed by atoms with Crippen LogP contribution in [0.1, 0.15) is 20.8 Å². The molecule has 6 heteroatoms. The number of rotatable bonds is 3. The molecule has 0 spiro atoms. The molecule has 0 saturated carbocycles. The van der Waals surface area contributed by atoms with E-state index in [-0.39, 0.29) is 16.3 Å². The summed E-state index contributed by atoms with van der Waals surface area (Å²) in [6.45, 7) is 6.57. The Morgan fingerprint density at radius 2 is 1.89 bits per heavy atom. The average Bonchev–Trinajstić information content (AvgIpc) is 2.25. The van der Waals surface area contributed by atoms with Crippen LogP contribution in [0.3, 0.4) is 0 Å². The molecule has 0 bridgehead atoms.